The number of carbonyl (C=O) groups is 5. The predicted molar refractivity (Wildman–Crippen MR) is 116 cm³/mol. The van der Waals surface area contributed by atoms with Gasteiger partial charge >= 0.3 is 12.1 Å². The number of ether oxygens (including phenoxy) is 1. The summed E-state index contributed by atoms with van der Waals surface area (Å²) < 4.78 is 30.5. The topological polar surface area (TPSA) is 151 Å². The quantitative estimate of drug-likeness (QED) is 0.310. The van der Waals surface area contributed by atoms with Crippen LogP contribution >= 0.6 is 0 Å². The maximum absolute atomic E-state index is 12.7. The van der Waals surface area contributed by atoms with Crippen LogP contribution in [0, 0.1) is 5.92 Å². The number of alkyl carbamates (subject to hydrolysis) is 1. The molecule has 4 N–H and O–H groups in total. The number of amides is 3. The molecule has 0 bridgehead atoms. The smallest absolute Gasteiger partial charge is 0.408 e. The first-order valence-corrected chi connectivity index (χ1v) is 10.6. The van der Waals surface area contributed by atoms with Crippen LogP contribution in [0.5, 0.6) is 0 Å². The number of hydrogen-bond donors (Lipinski definition) is 4. The molecule has 0 aliphatic heterocycles. The predicted octanol–water partition coefficient (Wildman–Crippen LogP) is 1.63. The molecule has 3 amide bonds. The molecule has 1 aromatic rings. The van der Waals surface area contributed by atoms with E-state index in [1.54, 1.807) is 44.2 Å². The van der Waals surface area contributed by atoms with Gasteiger partial charge in [-0.15, -0.1) is 0 Å². The van der Waals surface area contributed by atoms with Crippen molar-refractivity contribution >= 4 is 29.7 Å². The second-order valence-corrected chi connectivity index (χ2v) is 7.66. The normalized spacial score (nSPS) is 14.3. The average molecular weight is 485 g/mol. The van der Waals surface area contributed by atoms with Gasteiger partial charge in [-0.05, 0) is 18.4 Å². The number of ketones is 1. The van der Waals surface area contributed by atoms with Crippen molar-refractivity contribution in [2.75, 3.05) is 0 Å². The summed E-state index contributed by atoms with van der Waals surface area (Å²) in [4.78, 5) is 59.7. The molecule has 1 rings (SSSR count). The molecule has 0 aromatic heterocycles. The number of Topliss-reactive ketones (excluding diaryl/α,β-unsaturated/α-hetero) is 1. The van der Waals surface area contributed by atoms with Crippen LogP contribution in [0.15, 0.2) is 30.3 Å². The van der Waals surface area contributed by atoms with Crippen LogP contribution in [-0.4, -0.2) is 59.3 Å². The summed E-state index contributed by atoms with van der Waals surface area (Å²) in [5.74, 6) is -5.73. The fourth-order valence-electron chi connectivity index (χ4n) is 2.82. The van der Waals surface area contributed by atoms with Gasteiger partial charge in [-0.2, -0.15) is 0 Å². The van der Waals surface area contributed by atoms with Gasteiger partial charge < -0.3 is 25.8 Å². The summed E-state index contributed by atoms with van der Waals surface area (Å²) in [6, 6.07) is 4.50. The van der Waals surface area contributed by atoms with Crippen molar-refractivity contribution in [1.82, 2.24) is 16.0 Å². The molecule has 0 saturated carbocycles. The third kappa shape index (κ3) is 9.51. The summed E-state index contributed by atoms with van der Waals surface area (Å²) in [5.41, 5.74) is 0.738. The SMILES string of the molecule is CCC(C)C(NC(=O)OCc1ccccc1)C(=O)NC(C)C(=O)NC(CC(F)F)C(=O)C(=O)O. The van der Waals surface area contributed by atoms with E-state index >= 15 is 0 Å². The largest absolute Gasteiger partial charge is 0.475 e. The lowest BCUT2D eigenvalue weighted by atomic mass is 9.98. The fourth-order valence-corrected chi connectivity index (χ4v) is 2.82. The van der Waals surface area contributed by atoms with E-state index in [1.807, 2.05) is 5.32 Å². The number of benzene rings is 1. The zero-order chi connectivity index (χ0) is 25.8. The van der Waals surface area contributed by atoms with E-state index in [9.17, 15) is 32.8 Å². The first-order valence-electron chi connectivity index (χ1n) is 10.6. The molecular weight excluding hydrogens is 456 g/mol. The lowest BCUT2D eigenvalue weighted by Gasteiger charge is -2.25. The van der Waals surface area contributed by atoms with Gasteiger partial charge in [0.05, 0.1) is 0 Å². The highest BCUT2D eigenvalue weighted by atomic mass is 19.3. The Morgan fingerprint density at radius 2 is 1.59 bits per heavy atom. The molecule has 4 atom stereocenters. The Morgan fingerprint density at radius 3 is 2.12 bits per heavy atom. The van der Waals surface area contributed by atoms with Crippen LogP contribution < -0.4 is 16.0 Å². The number of carboxylic acid groups (broad SMARTS) is 1. The number of nitrogens with one attached hydrogen (secondary N) is 3. The summed E-state index contributed by atoms with van der Waals surface area (Å²) in [7, 11) is 0. The van der Waals surface area contributed by atoms with Crippen LogP contribution in [0.3, 0.4) is 0 Å². The molecule has 0 aliphatic carbocycles. The molecular formula is C22H29F2N3O7. The molecule has 0 radical (unpaired) electrons. The second-order valence-electron chi connectivity index (χ2n) is 7.66. The van der Waals surface area contributed by atoms with Gasteiger partial charge in [-0.1, -0.05) is 50.6 Å². The maximum Gasteiger partial charge on any atom is 0.408 e. The fraction of sp³-hybridized carbons (Fsp3) is 0.500. The van der Waals surface area contributed by atoms with Crippen LogP contribution in [0.25, 0.3) is 0 Å². The molecule has 34 heavy (non-hydrogen) atoms. The Labute approximate surface area is 195 Å². The van der Waals surface area contributed by atoms with Crippen molar-refractivity contribution in [2.24, 2.45) is 5.92 Å². The van der Waals surface area contributed by atoms with E-state index in [0.717, 1.165) is 5.56 Å². The number of alkyl halides is 2. The zero-order valence-electron chi connectivity index (χ0n) is 19.0. The number of halogens is 2. The van der Waals surface area contributed by atoms with E-state index < -0.39 is 60.6 Å². The molecule has 4 unspecified atom stereocenters. The Bertz CT molecular complexity index is 867. The third-order valence-electron chi connectivity index (χ3n) is 4.99. The Kier molecular flexibility index (Phi) is 11.6. The highest BCUT2D eigenvalue weighted by molar-refractivity contribution is 6.35. The highest BCUT2D eigenvalue weighted by Gasteiger charge is 2.33. The molecule has 0 spiro atoms. The lowest BCUT2D eigenvalue weighted by molar-refractivity contribution is -0.151. The van der Waals surface area contributed by atoms with Gasteiger partial charge in [-0.3, -0.25) is 14.4 Å². The monoisotopic (exact) mass is 485 g/mol. The van der Waals surface area contributed by atoms with Crippen molar-refractivity contribution in [1.29, 1.82) is 0 Å². The Balaban J connectivity index is 2.77. The molecule has 188 valence electrons. The summed E-state index contributed by atoms with van der Waals surface area (Å²) in [5, 5.41) is 15.5. The van der Waals surface area contributed by atoms with Crippen LogP contribution in [0.4, 0.5) is 13.6 Å². The minimum Gasteiger partial charge on any atom is -0.475 e. The van der Waals surface area contributed by atoms with Crippen LogP contribution in [0.2, 0.25) is 0 Å². The van der Waals surface area contributed by atoms with Gasteiger partial charge in [0.15, 0.2) is 0 Å². The maximum atomic E-state index is 12.7. The molecule has 0 saturated heterocycles. The lowest BCUT2D eigenvalue weighted by Crippen LogP contribution is -2.56. The summed E-state index contributed by atoms with van der Waals surface area (Å²) in [6.45, 7) is 4.67. The molecule has 0 fully saturated rings. The minimum atomic E-state index is -3.04. The third-order valence-corrected chi connectivity index (χ3v) is 4.99. The highest BCUT2D eigenvalue weighted by Crippen LogP contribution is 2.10. The summed E-state index contributed by atoms with van der Waals surface area (Å²) in [6.07, 6.45) is -4.60. The zero-order valence-corrected chi connectivity index (χ0v) is 19.0. The van der Waals surface area contributed by atoms with E-state index in [1.165, 1.54) is 6.92 Å². The van der Waals surface area contributed by atoms with Gasteiger partial charge in [0.25, 0.3) is 5.78 Å². The number of hydrogen-bond acceptors (Lipinski definition) is 6. The van der Waals surface area contributed by atoms with Crippen molar-refractivity contribution in [3.8, 4) is 0 Å². The number of aliphatic carboxylic acids is 1. The first-order chi connectivity index (χ1) is 16.0. The molecule has 1 aromatic carbocycles. The Morgan fingerprint density at radius 1 is 0.971 bits per heavy atom. The Hall–Kier alpha value is -3.57. The molecule has 12 heteroatoms. The van der Waals surface area contributed by atoms with Crippen molar-refractivity contribution in [2.45, 2.75) is 64.8 Å². The van der Waals surface area contributed by atoms with Gasteiger partial charge in [-0.25, -0.2) is 18.4 Å². The molecule has 0 aliphatic rings. The van der Waals surface area contributed by atoms with Crippen LogP contribution in [-0.2, 0) is 30.5 Å². The van der Waals surface area contributed by atoms with Crippen molar-refractivity contribution in [3.05, 3.63) is 35.9 Å². The standard InChI is InChI=1S/C22H29F2N3O7/c1-4-12(2)17(27-22(33)34-11-14-8-6-5-7-9-14)20(30)25-13(3)19(29)26-15(10-16(23)24)18(28)21(31)32/h5-9,12-13,15-17H,4,10-11H2,1-3H3,(H,25,30)(H,26,29)(H,27,33)(H,31,32). The molecule has 10 nitrogen and oxygen atoms in total. The van der Waals surface area contributed by atoms with Crippen LogP contribution in [0.1, 0.15) is 39.2 Å². The first kappa shape index (κ1) is 28.5. The average Bonchev–Trinajstić information content (AvgIpc) is 2.79. The second kappa shape index (κ2) is 13.9. The van der Waals surface area contributed by atoms with Gasteiger partial charge in [0.1, 0.15) is 24.7 Å². The number of carboxylic acids is 1. The minimum absolute atomic E-state index is 0.0243. The van der Waals surface area contributed by atoms with E-state index in [2.05, 4.69) is 10.6 Å². The van der Waals surface area contributed by atoms with E-state index in [0.29, 0.717) is 6.42 Å². The number of rotatable bonds is 13. The van der Waals surface area contributed by atoms with E-state index in [-0.39, 0.29) is 12.5 Å². The van der Waals surface area contributed by atoms with Crippen molar-refractivity contribution in [3.63, 3.8) is 0 Å². The number of carbonyl (C=O) groups excluding carboxylic acids is 4. The molecule has 0 heterocycles. The van der Waals surface area contributed by atoms with Gasteiger partial charge in [0.2, 0.25) is 18.2 Å². The van der Waals surface area contributed by atoms with E-state index in [4.69, 9.17) is 9.84 Å². The van der Waals surface area contributed by atoms with Gasteiger partial charge in [0, 0.05) is 6.42 Å². The van der Waals surface area contributed by atoms with Crippen molar-refractivity contribution < 1.29 is 42.6 Å². The summed E-state index contributed by atoms with van der Waals surface area (Å²) >= 11 is 0.